The number of fused-ring (bicyclic) bond motifs is 6. The SMILES string of the molecule is C=CCCC(=O)Oc1cc2c3cc(OCCCC)c(OCCCC)cc3c3cc(OCCCC)c(OCCCC)cc3c2cc1OCCCC. The molecule has 0 heterocycles. The van der Waals surface area contributed by atoms with Crippen LogP contribution in [0.5, 0.6) is 34.5 Å². The van der Waals surface area contributed by atoms with Gasteiger partial charge >= 0.3 is 5.97 Å². The quantitative estimate of drug-likeness (QED) is 0.0239. The monoisotopic (exact) mass is 686 g/mol. The molecule has 0 amide bonds. The molecule has 0 aliphatic rings. The summed E-state index contributed by atoms with van der Waals surface area (Å²) in [6.07, 6.45) is 12.3. The highest BCUT2D eigenvalue weighted by Crippen LogP contribution is 2.47. The molecule has 0 saturated carbocycles. The lowest BCUT2D eigenvalue weighted by atomic mass is 9.93. The van der Waals surface area contributed by atoms with Gasteiger partial charge in [-0.05, 0) is 107 Å². The molecule has 7 heteroatoms. The second kappa shape index (κ2) is 20.5. The van der Waals surface area contributed by atoms with Gasteiger partial charge in [0.05, 0.1) is 33.0 Å². The summed E-state index contributed by atoms with van der Waals surface area (Å²) in [6, 6.07) is 12.4. The summed E-state index contributed by atoms with van der Waals surface area (Å²) in [4.78, 5) is 13.0. The fourth-order valence-corrected chi connectivity index (χ4v) is 5.69. The van der Waals surface area contributed by atoms with E-state index in [0.29, 0.717) is 56.7 Å². The van der Waals surface area contributed by atoms with Crippen LogP contribution in [0, 0.1) is 0 Å². The number of allylic oxidation sites excluding steroid dienone is 1. The van der Waals surface area contributed by atoms with Crippen molar-refractivity contribution < 1.29 is 33.2 Å². The van der Waals surface area contributed by atoms with Crippen LogP contribution in [0.15, 0.2) is 49.1 Å². The minimum absolute atomic E-state index is 0.238. The Morgan fingerprint density at radius 3 is 1.00 bits per heavy atom. The highest BCUT2D eigenvalue weighted by molar-refractivity contribution is 6.27. The van der Waals surface area contributed by atoms with E-state index in [9.17, 15) is 4.79 Å². The van der Waals surface area contributed by atoms with Crippen molar-refractivity contribution in [2.24, 2.45) is 0 Å². The summed E-state index contributed by atoms with van der Waals surface area (Å²) in [6.45, 7) is 17.4. The Balaban J connectivity index is 2.07. The summed E-state index contributed by atoms with van der Waals surface area (Å²) in [5.41, 5.74) is 0. The van der Waals surface area contributed by atoms with Crippen LogP contribution in [0.4, 0.5) is 0 Å². The first-order valence-electron chi connectivity index (χ1n) is 19.0. The maximum Gasteiger partial charge on any atom is 0.311 e. The van der Waals surface area contributed by atoms with E-state index in [0.717, 1.165) is 114 Å². The van der Waals surface area contributed by atoms with E-state index in [1.54, 1.807) is 6.08 Å². The normalized spacial score (nSPS) is 11.2. The predicted octanol–water partition coefficient (Wildman–Crippen LogP) is 11.9. The van der Waals surface area contributed by atoms with Crippen LogP contribution < -0.4 is 28.4 Å². The number of carbonyl (C=O) groups is 1. The van der Waals surface area contributed by atoms with Crippen molar-refractivity contribution in [1.29, 1.82) is 0 Å². The van der Waals surface area contributed by atoms with E-state index in [1.165, 1.54) is 0 Å². The zero-order valence-electron chi connectivity index (χ0n) is 31.1. The second-order valence-corrected chi connectivity index (χ2v) is 12.8. The Bertz CT molecular complexity index is 1650. The molecule has 0 aromatic heterocycles. The van der Waals surface area contributed by atoms with Crippen LogP contribution in [0.3, 0.4) is 0 Å². The minimum Gasteiger partial charge on any atom is -0.490 e. The fourth-order valence-electron chi connectivity index (χ4n) is 5.69. The number of unbranched alkanes of at least 4 members (excludes halogenated alkanes) is 5. The van der Waals surface area contributed by atoms with Gasteiger partial charge < -0.3 is 28.4 Å². The average Bonchev–Trinajstić information content (AvgIpc) is 3.12. The molecule has 0 radical (unpaired) electrons. The van der Waals surface area contributed by atoms with Gasteiger partial charge in [-0.2, -0.15) is 0 Å². The molecule has 0 saturated heterocycles. The summed E-state index contributed by atoms with van der Waals surface area (Å²) in [5, 5.41) is 5.84. The van der Waals surface area contributed by atoms with Crippen molar-refractivity contribution in [3.05, 3.63) is 49.1 Å². The lowest BCUT2D eigenvalue weighted by Gasteiger charge is -2.20. The van der Waals surface area contributed by atoms with Crippen LogP contribution >= 0.6 is 0 Å². The molecule has 0 aliphatic heterocycles. The molecule has 0 N–H and O–H groups in total. The summed E-state index contributed by atoms with van der Waals surface area (Å²) < 4.78 is 37.9. The van der Waals surface area contributed by atoms with E-state index in [4.69, 9.17) is 28.4 Å². The first-order chi connectivity index (χ1) is 24.5. The summed E-state index contributed by atoms with van der Waals surface area (Å²) in [5.74, 6) is 3.48. The van der Waals surface area contributed by atoms with Crippen LogP contribution in [0.1, 0.15) is 112 Å². The molecule has 272 valence electrons. The van der Waals surface area contributed by atoms with Crippen molar-refractivity contribution in [2.75, 3.05) is 33.0 Å². The van der Waals surface area contributed by atoms with Gasteiger partial charge in [-0.25, -0.2) is 0 Å². The van der Waals surface area contributed by atoms with E-state index in [2.05, 4.69) is 65.5 Å². The molecular formula is C43H58O7. The molecule has 7 nitrogen and oxygen atoms in total. The van der Waals surface area contributed by atoms with Gasteiger partial charge in [-0.15, -0.1) is 6.58 Å². The molecular weight excluding hydrogens is 628 g/mol. The number of carbonyl (C=O) groups excluding carboxylic acids is 1. The average molecular weight is 687 g/mol. The third kappa shape index (κ3) is 10.2. The Hall–Kier alpha value is -4.13. The van der Waals surface area contributed by atoms with E-state index >= 15 is 0 Å². The van der Waals surface area contributed by atoms with E-state index in [-0.39, 0.29) is 12.4 Å². The number of hydrogen-bond acceptors (Lipinski definition) is 7. The van der Waals surface area contributed by atoms with Crippen LogP contribution in [0.2, 0.25) is 0 Å². The topological polar surface area (TPSA) is 72.5 Å². The maximum absolute atomic E-state index is 13.0. The molecule has 4 aromatic carbocycles. The summed E-state index contributed by atoms with van der Waals surface area (Å²) in [7, 11) is 0. The maximum atomic E-state index is 13.0. The van der Waals surface area contributed by atoms with Gasteiger partial charge in [0.2, 0.25) is 0 Å². The number of rotatable bonds is 24. The van der Waals surface area contributed by atoms with Crippen molar-refractivity contribution >= 4 is 38.3 Å². The standard InChI is InChI=1S/C43H58O7/c1-7-13-19-43(44)50-42-30-36-34-28-40(48-23-17-11-5)38(46-21-15-9-3)26-32(34)31-25-37(45-20-14-8-2)39(47-22-16-10-4)27-33(31)35(36)29-41(42)49-24-18-12-6/h7,25-30H,1,8-24H2,2-6H3. The highest BCUT2D eigenvalue weighted by atomic mass is 16.6. The smallest absolute Gasteiger partial charge is 0.311 e. The third-order valence-corrected chi connectivity index (χ3v) is 8.68. The number of hydrogen-bond donors (Lipinski definition) is 0. The first-order valence-corrected chi connectivity index (χ1v) is 19.0. The number of benzene rings is 4. The molecule has 4 aromatic rings. The lowest BCUT2D eigenvalue weighted by molar-refractivity contribution is -0.134. The zero-order valence-corrected chi connectivity index (χ0v) is 31.1. The Kier molecular flexibility index (Phi) is 15.9. The molecule has 4 rings (SSSR count). The largest absolute Gasteiger partial charge is 0.490 e. The van der Waals surface area contributed by atoms with Crippen LogP contribution in [-0.4, -0.2) is 39.0 Å². The van der Waals surface area contributed by atoms with Gasteiger partial charge in [0.15, 0.2) is 34.5 Å². The van der Waals surface area contributed by atoms with Gasteiger partial charge in [0.1, 0.15) is 0 Å². The van der Waals surface area contributed by atoms with E-state index in [1.807, 2.05) is 12.1 Å². The molecule has 0 fully saturated rings. The lowest BCUT2D eigenvalue weighted by Crippen LogP contribution is -2.09. The van der Waals surface area contributed by atoms with Gasteiger partial charge in [-0.1, -0.05) is 72.8 Å². The third-order valence-electron chi connectivity index (χ3n) is 8.68. The molecule has 0 aliphatic carbocycles. The molecule has 0 unspecified atom stereocenters. The molecule has 0 bridgehead atoms. The molecule has 0 atom stereocenters. The number of esters is 1. The van der Waals surface area contributed by atoms with Crippen molar-refractivity contribution in [3.8, 4) is 34.5 Å². The van der Waals surface area contributed by atoms with Crippen LogP contribution in [0.25, 0.3) is 32.3 Å². The zero-order chi connectivity index (χ0) is 35.7. The predicted molar refractivity (Wildman–Crippen MR) is 206 cm³/mol. The first kappa shape index (κ1) is 38.7. The fraction of sp³-hybridized carbons (Fsp3) is 0.512. The molecule has 50 heavy (non-hydrogen) atoms. The molecule has 0 spiro atoms. The number of ether oxygens (including phenoxy) is 6. The van der Waals surface area contributed by atoms with Crippen molar-refractivity contribution in [3.63, 3.8) is 0 Å². The van der Waals surface area contributed by atoms with Crippen molar-refractivity contribution in [2.45, 2.75) is 112 Å². The van der Waals surface area contributed by atoms with Crippen molar-refractivity contribution in [1.82, 2.24) is 0 Å². The minimum atomic E-state index is -0.328. The Labute approximate surface area is 299 Å². The second-order valence-electron chi connectivity index (χ2n) is 12.8. The highest BCUT2D eigenvalue weighted by Gasteiger charge is 2.21. The Morgan fingerprint density at radius 2 is 0.740 bits per heavy atom. The van der Waals surface area contributed by atoms with E-state index < -0.39 is 0 Å². The summed E-state index contributed by atoms with van der Waals surface area (Å²) >= 11 is 0. The van der Waals surface area contributed by atoms with Gasteiger partial charge in [0.25, 0.3) is 0 Å². The van der Waals surface area contributed by atoms with Gasteiger partial charge in [0, 0.05) is 6.42 Å². The van der Waals surface area contributed by atoms with Gasteiger partial charge in [-0.3, -0.25) is 4.79 Å². The Morgan fingerprint density at radius 1 is 0.480 bits per heavy atom. The van der Waals surface area contributed by atoms with Crippen LogP contribution in [-0.2, 0) is 4.79 Å².